The Morgan fingerprint density at radius 2 is 2.10 bits per heavy atom. The summed E-state index contributed by atoms with van der Waals surface area (Å²) in [6.45, 7) is 7.77. The smallest absolute Gasteiger partial charge is 0.410 e. The van der Waals surface area contributed by atoms with Gasteiger partial charge in [-0.3, -0.25) is 0 Å². The molecule has 2 aliphatic rings. The third-order valence-corrected chi connectivity index (χ3v) is 4.88. The van der Waals surface area contributed by atoms with E-state index in [0.29, 0.717) is 44.8 Å². The van der Waals surface area contributed by atoms with E-state index in [0.717, 1.165) is 17.6 Å². The molecule has 0 aliphatic carbocycles. The Hall–Kier alpha value is -2.68. The van der Waals surface area contributed by atoms with E-state index in [-0.39, 0.29) is 18.0 Å². The van der Waals surface area contributed by atoms with Crippen molar-refractivity contribution in [3.05, 3.63) is 34.0 Å². The number of carbonyl (C=O) groups excluding carboxylic acids is 1. The Kier molecular flexibility index (Phi) is 6.36. The number of likely N-dealkylation sites (tertiary alicyclic amines) is 1. The summed E-state index contributed by atoms with van der Waals surface area (Å²) in [7, 11) is 0. The van der Waals surface area contributed by atoms with Crippen LogP contribution >= 0.6 is 0 Å². The molecule has 0 bridgehead atoms. The highest BCUT2D eigenvalue weighted by molar-refractivity contribution is 5.72. The van der Waals surface area contributed by atoms with E-state index >= 15 is 0 Å². The van der Waals surface area contributed by atoms with E-state index < -0.39 is 10.5 Å². The summed E-state index contributed by atoms with van der Waals surface area (Å²) >= 11 is 0. The van der Waals surface area contributed by atoms with Crippen molar-refractivity contribution < 1.29 is 19.2 Å². The van der Waals surface area contributed by atoms with Crippen molar-refractivity contribution in [3.8, 4) is 0 Å². The van der Waals surface area contributed by atoms with Gasteiger partial charge in [0.05, 0.1) is 13.2 Å². The summed E-state index contributed by atoms with van der Waals surface area (Å²) in [5.41, 5.74) is 1.84. The average molecular weight is 404 g/mol. The number of hydrogen-bond donors (Lipinski definition) is 1. The maximum Gasteiger partial charge on any atom is 0.410 e. The van der Waals surface area contributed by atoms with E-state index in [1.165, 1.54) is 0 Å². The van der Waals surface area contributed by atoms with E-state index in [2.05, 4.69) is 10.3 Å². The number of nitro groups is 1. The molecule has 29 heavy (non-hydrogen) atoms. The minimum absolute atomic E-state index is 0.0214. The van der Waals surface area contributed by atoms with Gasteiger partial charge in [0.15, 0.2) is 0 Å². The summed E-state index contributed by atoms with van der Waals surface area (Å²) in [4.78, 5) is 28.9. The number of anilines is 1. The monoisotopic (exact) mass is 404 g/mol. The number of amides is 1. The van der Waals surface area contributed by atoms with E-state index in [9.17, 15) is 14.9 Å². The van der Waals surface area contributed by atoms with Crippen molar-refractivity contribution >= 4 is 23.2 Å². The highest BCUT2D eigenvalue weighted by Crippen LogP contribution is 2.30. The molecule has 3 rings (SSSR count). The first kappa shape index (κ1) is 21.0. The first-order valence-corrected chi connectivity index (χ1v) is 9.89. The van der Waals surface area contributed by atoms with Gasteiger partial charge in [-0.1, -0.05) is 6.08 Å². The number of hydrogen-bond acceptors (Lipinski definition) is 7. The number of nitrogens with one attached hydrogen (secondary N) is 1. The summed E-state index contributed by atoms with van der Waals surface area (Å²) < 4.78 is 10.7. The fourth-order valence-electron chi connectivity index (χ4n) is 3.43. The lowest BCUT2D eigenvalue weighted by Gasteiger charge is -2.34. The first-order chi connectivity index (χ1) is 13.7. The number of piperidine rings is 1. The van der Waals surface area contributed by atoms with Crippen molar-refractivity contribution in [2.24, 2.45) is 0 Å². The summed E-state index contributed by atoms with van der Waals surface area (Å²) in [5, 5.41) is 14.7. The van der Waals surface area contributed by atoms with Crippen molar-refractivity contribution in [2.45, 2.75) is 51.7 Å². The van der Waals surface area contributed by atoms with Crippen LogP contribution in [0.15, 0.2) is 18.3 Å². The second-order valence-corrected chi connectivity index (χ2v) is 8.29. The van der Waals surface area contributed by atoms with Gasteiger partial charge in [-0.05, 0) is 61.6 Å². The average Bonchev–Trinajstić information content (AvgIpc) is 2.67. The molecule has 0 atom stereocenters. The molecule has 1 aromatic rings. The van der Waals surface area contributed by atoms with Crippen LogP contribution in [0.5, 0.6) is 0 Å². The zero-order valence-corrected chi connectivity index (χ0v) is 17.1. The number of ether oxygens (including phenoxy) is 2. The molecule has 0 spiro atoms. The topological polar surface area (TPSA) is 107 Å². The minimum Gasteiger partial charge on any atom is -0.444 e. The second kappa shape index (κ2) is 8.77. The van der Waals surface area contributed by atoms with Crippen LogP contribution in [0.1, 0.15) is 45.6 Å². The van der Waals surface area contributed by atoms with Crippen LogP contribution in [0.25, 0.3) is 5.57 Å². The third kappa shape index (κ3) is 5.66. The van der Waals surface area contributed by atoms with Gasteiger partial charge in [0.25, 0.3) is 0 Å². The number of nitrogens with zero attached hydrogens (tertiary/aromatic N) is 3. The molecular formula is C20H28N4O5. The van der Waals surface area contributed by atoms with Crippen molar-refractivity contribution in [1.82, 2.24) is 9.88 Å². The summed E-state index contributed by atoms with van der Waals surface area (Å²) in [6.07, 6.45) is 5.32. The molecule has 9 heteroatoms. The van der Waals surface area contributed by atoms with Gasteiger partial charge in [0, 0.05) is 24.7 Å². The molecule has 1 saturated heterocycles. The largest absolute Gasteiger partial charge is 0.444 e. The van der Waals surface area contributed by atoms with Crippen LogP contribution in [0.4, 0.5) is 16.3 Å². The standard InChI is InChI=1S/C20H28N4O5/c1-20(2,3)29-19(25)23-8-4-16(5-9-23)22-17-12-15(13-21-18(17)24(26)27)14-6-10-28-11-7-14/h6,12-13,16,22H,4-5,7-11H2,1-3H3. The molecule has 0 saturated carbocycles. The van der Waals surface area contributed by atoms with Crippen LogP contribution in [-0.4, -0.2) is 58.8 Å². The van der Waals surface area contributed by atoms with Gasteiger partial charge in [-0.25, -0.2) is 4.79 Å². The predicted octanol–water partition coefficient (Wildman–Crippen LogP) is 3.60. The minimum atomic E-state index is -0.530. The fourth-order valence-corrected chi connectivity index (χ4v) is 3.43. The Morgan fingerprint density at radius 3 is 2.69 bits per heavy atom. The normalized spacial score (nSPS) is 18.2. The number of pyridine rings is 1. The highest BCUT2D eigenvalue weighted by atomic mass is 16.6. The predicted molar refractivity (Wildman–Crippen MR) is 109 cm³/mol. The maximum atomic E-state index is 12.2. The Labute approximate surface area is 170 Å². The van der Waals surface area contributed by atoms with Crippen molar-refractivity contribution in [3.63, 3.8) is 0 Å². The van der Waals surface area contributed by atoms with E-state index in [1.54, 1.807) is 17.2 Å². The number of rotatable bonds is 4. The zero-order valence-electron chi connectivity index (χ0n) is 17.1. The van der Waals surface area contributed by atoms with Crippen LogP contribution in [0, 0.1) is 10.1 Å². The molecule has 158 valence electrons. The molecule has 2 aliphatic heterocycles. The maximum absolute atomic E-state index is 12.2. The number of carbonyl (C=O) groups is 1. The lowest BCUT2D eigenvalue weighted by molar-refractivity contribution is -0.388. The number of aromatic nitrogens is 1. The van der Waals surface area contributed by atoms with Crippen LogP contribution < -0.4 is 5.32 Å². The lowest BCUT2D eigenvalue weighted by Crippen LogP contribution is -2.44. The van der Waals surface area contributed by atoms with Gasteiger partial charge >= 0.3 is 11.9 Å². The van der Waals surface area contributed by atoms with E-state index in [1.807, 2.05) is 26.8 Å². The molecule has 0 radical (unpaired) electrons. The Bertz CT molecular complexity index is 795. The second-order valence-electron chi connectivity index (χ2n) is 8.29. The molecule has 1 fully saturated rings. The van der Waals surface area contributed by atoms with Gasteiger partial charge in [0.2, 0.25) is 0 Å². The van der Waals surface area contributed by atoms with Gasteiger partial charge in [-0.15, -0.1) is 0 Å². The zero-order chi connectivity index (χ0) is 21.0. The highest BCUT2D eigenvalue weighted by Gasteiger charge is 2.28. The summed E-state index contributed by atoms with van der Waals surface area (Å²) in [6, 6.07) is 1.82. The summed E-state index contributed by atoms with van der Waals surface area (Å²) in [5.74, 6) is -0.184. The Balaban J connectivity index is 1.67. The molecule has 9 nitrogen and oxygen atoms in total. The lowest BCUT2D eigenvalue weighted by atomic mass is 10.0. The van der Waals surface area contributed by atoms with Crippen molar-refractivity contribution in [1.29, 1.82) is 0 Å². The van der Waals surface area contributed by atoms with E-state index in [4.69, 9.17) is 9.47 Å². The molecule has 0 aromatic carbocycles. The van der Waals surface area contributed by atoms with Gasteiger partial charge < -0.3 is 29.8 Å². The van der Waals surface area contributed by atoms with Gasteiger partial charge in [-0.2, -0.15) is 0 Å². The van der Waals surface area contributed by atoms with Crippen LogP contribution in [-0.2, 0) is 9.47 Å². The molecule has 1 amide bonds. The SMILES string of the molecule is CC(C)(C)OC(=O)N1CCC(Nc2cc(C3=CCOCC3)cnc2[N+](=O)[O-])CC1. The van der Waals surface area contributed by atoms with Crippen LogP contribution in [0.2, 0.25) is 0 Å². The third-order valence-electron chi connectivity index (χ3n) is 4.88. The van der Waals surface area contributed by atoms with Gasteiger partial charge in [0.1, 0.15) is 17.5 Å². The molecule has 0 unspecified atom stereocenters. The van der Waals surface area contributed by atoms with Crippen LogP contribution in [0.3, 0.4) is 0 Å². The molecular weight excluding hydrogens is 376 g/mol. The van der Waals surface area contributed by atoms with Crippen molar-refractivity contribution in [2.75, 3.05) is 31.6 Å². The molecule has 1 aromatic heterocycles. The fraction of sp³-hybridized carbons (Fsp3) is 0.600. The first-order valence-electron chi connectivity index (χ1n) is 9.89. The quantitative estimate of drug-likeness (QED) is 0.603. The Morgan fingerprint density at radius 1 is 1.38 bits per heavy atom. The molecule has 1 N–H and O–H groups in total. The molecule has 3 heterocycles.